The molecule has 1 aromatic heterocycles. The summed E-state index contributed by atoms with van der Waals surface area (Å²) in [5.41, 5.74) is 2.41. The molecule has 3 aromatic rings. The number of sulfonamides is 1. The molecule has 3 N–H and O–H groups in total. The number of anilines is 1. The lowest BCUT2D eigenvalue weighted by molar-refractivity contribution is 0.0943. The maximum Gasteiger partial charge on any atom is 0.251 e. The fourth-order valence-corrected chi connectivity index (χ4v) is 3.79. The lowest BCUT2D eigenvalue weighted by Crippen LogP contribution is -2.30. The van der Waals surface area contributed by atoms with Gasteiger partial charge in [0.1, 0.15) is 11.5 Å². The number of halogens is 1. The summed E-state index contributed by atoms with van der Waals surface area (Å²) < 4.78 is 31.6. The molecule has 0 bridgehead atoms. The monoisotopic (exact) mass is 475 g/mol. The van der Waals surface area contributed by atoms with Crippen LogP contribution in [0.5, 0.6) is 0 Å². The summed E-state index contributed by atoms with van der Waals surface area (Å²) in [6.45, 7) is 4.60. The van der Waals surface area contributed by atoms with Crippen molar-refractivity contribution >= 4 is 33.2 Å². The zero-order valence-corrected chi connectivity index (χ0v) is 19.7. The first-order valence-corrected chi connectivity index (χ1v) is 12.3. The lowest BCUT2D eigenvalue weighted by Gasteiger charge is -2.13. The van der Waals surface area contributed by atoms with E-state index in [9.17, 15) is 13.2 Å². The van der Waals surface area contributed by atoms with Crippen LogP contribution >= 0.6 is 11.6 Å². The molecule has 32 heavy (non-hydrogen) atoms. The first-order valence-electron chi connectivity index (χ1n) is 10.1. The Balaban J connectivity index is 1.70. The molecule has 0 spiro atoms. The van der Waals surface area contributed by atoms with Gasteiger partial charge in [0.15, 0.2) is 0 Å². The van der Waals surface area contributed by atoms with E-state index in [2.05, 4.69) is 15.4 Å². The summed E-state index contributed by atoms with van der Waals surface area (Å²) in [5.74, 6) is 1.22. The van der Waals surface area contributed by atoms with Gasteiger partial charge in [-0.25, -0.2) is 8.42 Å². The van der Waals surface area contributed by atoms with Crippen LogP contribution in [0.15, 0.2) is 59.0 Å². The van der Waals surface area contributed by atoms with E-state index in [0.29, 0.717) is 29.4 Å². The molecule has 0 radical (unpaired) electrons. The van der Waals surface area contributed by atoms with Gasteiger partial charge in [-0.2, -0.15) is 0 Å². The Hall–Kier alpha value is -2.81. The van der Waals surface area contributed by atoms with Crippen molar-refractivity contribution in [2.45, 2.75) is 33.0 Å². The van der Waals surface area contributed by atoms with Crippen molar-refractivity contribution in [2.24, 2.45) is 0 Å². The second kappa shape index (κ2) is 10.2. The van der Waals surface area contributed by atoms with Crippen molar-refractivity contribution in [1.82, 2.24) is 10.6 Å². The number of rotatable bonds is 9. The Morgan fingerprint density at radius 1 is 1.03 bits per heavy atom. The third-order valence-electron chi connectivity index (χ3n) is 4.40. The molecule has 0 atom stereocenters. The van der Waals surface area contributed by atoms with Crippen molar-refractivity contribution in [1.29, 1.82) is 0 Å². The third kappa shape index (κ3) is 7.12. The molecular weight excluding hydrogens is 450 g/mol. The molecule has 0 unspecified atom stereocenters. The molecule has 0 saturated carbocycles. The zero-order valence-electron chi connectivity index (χ0n) is 18.1. The van der Waals surface area contributed by atoms with Gasteiger partial charge in [-0.3, -0.25) is 9.52 Å². The summed E-state index contributed by atoms with van der Waals surface area (Å²) in [6.07, 6.45) is 1.07. The van der Waals surface area contributed by atoms with Gasteiger partial charge >= 0.3 is 0 Å². The topological polar surface area (TPSA) is 100 Å². The number of hydrogen-bond acceptors (Lipinski definition) is 5. The van der Waals surface area contributed by atoms with E-state index in [1.165, 1.54) is 6.07 Å². The molecule has 0 aliphatic carbocycles. The normalized spacial score (nSPS) is 11.5. The smallest absolute Gasteiger partial charge is 0.251 e. The van der Waals surface area contributed by atoms with Gasteiger partial charge in [-0.1, -0.05) is 11.6 Å². The molecular formula is C23H26ClN3O4S. The number of carbonyl (C=O) groups is 1. The molecule has 3 rings (SSSR count). The van der Waals surface area contributed by atoms with E-state index in [-0.39, 0.29) is 11.9 Å². The first kappa shape index (κ1) is 23.8. The van der Waals surface area contributed by atoms with E-state index in [0.717, 1.165) is 28.9 Å². The zero-order chi connectivity index (χ0) is 23.3. The summed E-state index contributed by atoms with van der Waals surface area (Å²) in [6, 6.07) is 16.1. The second-order valence-corrected chi connectivity index (χ2v) is 9.98. The van der Waals surface area contributed by atoms with Gasteiger partial charge in [-0.15, -0.1) is 0 Å². The van der Waals surface area contributed by atoms with E-state index in [4.69, 9.17) is 16.0 Å². The SMILES string of the molecule is CC(C)NC(=O)c1cc(CNCc2ccc(-c3ccc(Cl)cc3)o2)cc(NS(C)(=O)=O)c1. The molecule has 0 saturated heterocycles. The molecule has 0 aliphatic heterocycles. The number of furan rings is 1. The summed E-state index contributed by atoms with van der Waals surface area (Å²) >= 11 is 5.93. The predicted molar refractivity (Wildman–Crippen MR) is 127 cm³/mol. The average Bonchev–Trinajstić information content (AvgIpc) is 3.15. The Kier molecular flexibility index (Phi) is 7.60. The van der Waals surface area contributed by atoms with Gasteiger partial charge < -0.3 is 15.1 Å². The highest BCUT2D eigenvalue weighted by Gasteiger charge is 2.12. The van der Waals surface area contributed by atoms with Crippen molar-refractivity contribution < 1.29 is 17.6 Å². The Labute approximate surface area is 193 Å². The summed E-state index contributed by atoms with van der Waals surface area (Å²) in [4.78, 5) is 12.4. The Bertz CT molecular complexity index is 1190. The minimum absolute atomic E-state index is 0.0376. The van der Waals surface area contributed by atoms with Gasteiger partial charge in [0.05, 0.1) is 12.8 Å². The van der Waals surface area contributed by atoms with Crippen LogP contribution in [0, 0.1) is 0 Å². The Morgan fingerprint density at radius 3 is 2.41 bits per heavy atom. The van der Waals surface area contributed by atoms with E-state index in [1.807, 2.05) is 50.2 Å². The first-order chi connectivity index (χ1) is 15.1. The third-order valence-corrected chi connectivity index (χ3v) is 5.26. The number of hydrogen-bond donors (Lipinski definition) is 3. The number of benzene rings is 2. The summed E-state index contributed by atoms with van der Waals surface area (Å²) in [7, 11) is -3.47. The highest BCUT2D eigenvalue weighted by Crippen LogP contribution is 2.24. The second-order valence-electron chi connectivity index (χ2n) is 7.80. The van der Waals surface area contributed by atoms with Crippen LogP contribution in [0.25, 0.3) is 11.3 Å². The number of carbonyl (C=O) groups excluding carboxylic acids is 1. The average molecular weight is 476 g/mol. The molecule has 1 heterocycles. The van der Waals surface area contributed by atoms with E-state index in [1.54, 1.807) is 12.1 Å². The molecule has 0 fully saturated rings. The maximum absolute atomic E-state index is 12.4. The van der Waals surface area contributed by atoms with Crippen LogP contribution in [0.3, 0.4) is 0 Å². The van der Waals surface area contributed by atoms with Crippen molar-refractivity contribution in [2.75, 3.05) is 11.0 Å². The minimum atomic E-state index is -3.47. The molecule has 170 valence electrons. The molecule has 2 aromatic carbocycles. The number of nitrogens with one attached hydrogen (secondary N) is 3. The fraction of sp³-hybridized carbons (Fsp3) is 0.261. The van der Waals surface area contributed by atoms with Crippen LogP contribution in [-0.4, -0.2) is 26.6 Å². The van der Waals surface area contributed by atoms with Gasteiger partial charge in [0, 0.05) is 34.4 Å². The van der Waals surface area contributed by atoms with Crippen LogP contribution in [0.4, 0.5) is 5.69 Å². The van der Waals surface area contributed by atoms with Crippen molar-refractivity contribution in [3.63, 3.8) is 0 Å². The quantitative estimate of drug-likeness (QED) is 0.426. The van der Waals surface area contributed by atoms with E-state index < -0.39 is 10.0 Å². The van der Waals surface area contributed by atoms with Gasteiger partial charge in [0.2, 0.25) is 10.0 Å². The predicted octanol–water partition coefficient (Wildman–Crippen LogP) is 4.40. The Morgan fingerprint density at radius 2 is 1.75 bits per heavy atom. The standard InChI is InChI=1S/C23H26ClN3O4S/c1-15(2)26-23(28)18-10-16(11-20(12-18)27-32(3,29)30)13-25-14-21-8-9-22(31-21)17-4-6-19(24)7-5-17/h4-12,15,25,27H,13-14H2,1-3H3,(H,26,28). The molecule has 9 heteroatoms. The van der Waals surface area contributed by atoms with Crippen LogP contribution < -0.4 is 15.4 Å². The van der Waals surface area contributed by atoms with Crippen molar-refractivity contribution in [3.8, 4) is 11.3 Å². The van der Waals surface area contributed by atoms with Gasteiger partial charge in [-0.05, 0) is 74.0 Å². The van der Waals surface area contributed by atoms with Crippen LogP contribution in [-0.2, 0) is 23.1 Å². The molecule has 0 aliphatic rings. The molecule has 7 nitrogen and oxygen atoms in total. The molecule has 1 amide bonds. The highest BCUT2D eigenvalue weighted by atomic mass is 35.5. The van der Waals surface area contributed by atoms with Crippen LogP contribution in [0.1, 0.15) is 35.5 Å². The lowest BCUT2D eigenvalue weighted by atomic mass is 10.1. The van der Waals surface area contributed by atoms with E-state index >= 15 is 0 Å². The largest absolute Gasteiger partial charge is 0.460 e. The minimum Gasteiger partial charge on any atom is -0.460 e. The van der Waals surface area contributed by atoms with Crippen molar-refractivity contribution in [3.05, 3.63) is 76.5 Å². The number of amides is 1. The highest BCUT2D eigenvalue weighted by molar-refractivity contribution is 7.92. The fourth-order valence-electron chi connectivity index (χ4n) is 3.12. The van der Waals surface area contributed by atoms with Crippen LogP contribution in [0.2, 0.25) is 5.02 Å². The van der Waals surface area contributed by atoms with Gasteiger partial charge in [0.25, 0.3) is 5.91 Å². The maximum atomic E-state index is 12.4. The summed E-state index contributed by atoms with van der Waals surface area (Å²) in [5, 5.41) is 6.75.